The number of methoxy groups -OCH3 is 1. The van der Waals surface area contributed by atoms with Crippen molar-refractivity contribution in [1.82, 2.24) is 9.13 Å². The van der Waals surface area contributed by atoms with Crippen molar-refractivity contribution in [3.8, 4) is 0 Å². The number of hydrogen-bond donors (Lipinski definition) is 0. The molecule has 2 aromatic heterocycles. The predicted octanol–water partition coefficient (Wildman–Crippen LogP) is 2.52. The Morgan fingerprint density at radius 3 is 2.57 bits per heavy atom. The highest BCUT2D eigenvalue weighted by molar-refractivity contribution is 7.20. The molecule has 0 spiro atoms. The molecule has 1 aliphatic carbocycles. The number of nitrogens with zero attached hydrogens (tertiary/aromatic N) is 3. The fourth-order valence-corrected chi connectivity index (χ4v) is 4.63. The van der Waals surface area contributed by atoms with Gasteiger partial charge in [-0.15, -0.1) is 11.3 Å². The maximum absolute atomic E-state index is 13.2. The summed E-state index contributed by atoms with van der Waals surface area (Å²) in [6.07, 6.45) is 2.41. The molecule has 1 fully saturated rings. The third kappa shape index (κ3) is 4.57. The molecule has 0 N–H and O–H groups in total. The highest BCUT2D eigenvalue weighted by Gasteiger charge is 2.38. The fraction of sp³-hybridized carbons (Fsp3) is 0.619. The van der Waals surface area contributed by atoms with Gasteiger partial charge in [-0.1, -0.05) is 6.92 Å². The van der Waals surface area contributed by atoms with Crippen LogP contribution in [0.3, 0.4) is 0 Å². The van der Waals surface area contributed by atoms with E-state index < -0.39 is 11.6 Å². The second kappa shape index (κ2) is 8.47. The van der Waals surface area contributed by atoms with Crippen LogP contribution in [0, 0.1) is 12.8 Å². The van der Waals surface area contributed by atoms with Gasteiger partial charge in [0.15, 0.2) is 0 Å². The zero-order chi connectivity index (χ0) is 22.2. The molecule has 30 heavy (non-hydrogen) atoms. The lowest BCUT2D eigenvalue weighted by molar-refractivity contribution is -0.152. The number of aromatic nitrogens is 2. The molecule has 2 heterocycles. The number of thiophene rings is 1. The monoisotopic (exact) mass is 435 g/mol. The maximum Gasteiger partial charge on any atom is 0.332 e. The number of hydrogen-bond acceptors (Lipinski definition) is 7. The van der Waals surface area contributed by atoms with Gasteiger partial charge in [0.1, 0.15) is 17.0 Å². The smallest absolute Gasteiger partial charge is 0.332 e. The van der Waals surface area contributed by atoms with Gasteiger partial charge < -0.3 is 9.47 Å². The van der Waals surface area contributed by atoms with Crippen molar-refractivity contribution < 1.29 is 14.3 Å². The SMILES string of the molecule is COCCn1c(=O)n([C@H]2C[C@@H]2C)c(=O)c2c(C)c(C=NCC(=O)OC(C)(C)C)sc21. The van der Waals surface area contributed by atoms with Crippen LogP contribution in [-0.4, -0.2) is 47.2 Å². The zero-order valence-electron chi connectivity index (χ0n) is 18.4. The molecule has 2 atom stereocenters. The van der Waals surface area contributed by atoms with E-state index in [-0.39, 0.29) is 23.8 Å². The summed E-state index contributed by atoms with van der Waals surface area (Å²) in [5.41, 5.74) is -0.347. The molecular weight excluding hydrogens is 406 g/mol. The molecule has 3 rings (SSSR count). The molecule has 9 heteroatoms. The van der Waals surface area contributed by atoms with E-state index in [0.29, 0.717) is 29.3 Å². The fourth-order valence-electron chi connectivity index (χ4n) is 3.42. The number of fused-ring (bicyclic) bond motifs is 1. The first kappa shape index (κ1) is 22.4. The van der Waals surface area contributed by atoms with Crippen LogP contribution in [-0.2, 0) is 20.8 Å². The summed E-state index contributed by atoms with van der Waals surface area (Å²) in [5.74, 6) is -0.0999. The predicted molar refractivity (Wildman–Crippen MR) is 118 cm³/mol. The Kier molecular flexibility index (Phi) is 6.33. The summed E-state index contributed by atoms with van der Waals surface area (Å²) in [4.78, 5) is 43.7. The Bertz CT molecular complexity index is 1100. The van der Waals surface area contributed by atoms with Crippen molar-refractivity contribution in [2.24, 2.45) is 10.9 Å². The Morgan fingerprint density at radius 2 is 2.00 bits per heavy atom. The summed E-state index contributed by atoms with van der Waals surface area (Å²) in [6, 6.07) is -0.0493. The Morgan fingerprint density at radius 1 is 1.33 bits per heavy atom. The molecule has 2 aromatic rings. The summed E-state index contributed by atoms with van der Waals surface area (Å²) >= 11 is 1.33. The number of rotatable bonds is 7. The highest BCUT2D eigenvalue weighted by atomic mass is 32.1. The molecule has 1 saturated carbocycles. The first-order valence-electron chi connectivity index (χ1n) is 10.0. The van der Waals surface area contributed by atoms with Crippen molar-refractivity contribution in [2.45, 2.75) is 59.2 Å². The molecule has 1 aliphatic rings. The first-order chi connectivity index (χ1) is 14.0. The summed E-state index contributed by atoms with van der Waals surface area (Å²) in [6.45, 7) is 9.91. The third-order valence-electron chi connectivity index (χ3n) is 5.05. The average Bonchev–Trinajstić information content (AvgIpc) is 3.24. The van der Waals surface area contributed by atoms with Gasteiger partial charge in [-0.3, -0.25) is 23.7 Å². The minimum absolute atomic E-state index is 0.0493. The van der Waals surface area contributed by atoms with Gasteiger partial charge in [0.25, 0.3) is 5.56 Å². The summed E-state index contributed by atoms with van der Waals surface area (Å²) in [5, 5.41) is 0.536. The molecule has 8 nitrogen and oxygen atoms in total. The minimum atomic E-state index is -0.567. The van der Waals surface area contributed by atoms with Crippen LogP contribution in [0.15, 0.2) is 14.6 Å². The molecule has 0 aliphatic heterocycles. The third-order valence-corrected chi connectivity index (χ3v) is 6.30. The van der Waals surface area contributed by atoms with E-state index in [1.54, 1.807) is 38.7 Å². The zero-order valence-corrected chi connectivity index (χ0v) is 19.2. The number of ether oxygens (including phenoxy) is 2. The maximum atomic E-state index is 13.2. The molecule has 0 unspecified atom stereocenters. The van der Waals surface area contributed by atoms with Crippen LogP contribution in [0.4, 0.5) is 0 Å². The topological polar surface area (TPSA) is 91.9 Å². The second-order valence-electron chi connectivity index (χ2n) is 8.71. The minimum Gasteiger partial charge on any atom is -0.459 e. The summed E-state index contributed by atoms with van der Waals surface area (Å²) < 4.78 is 13.4. The van der Waals surface area contributed by atoms with E-state index in [1.165, 1.54) is 15.9 Å². The van der Waals surface area contributed by atoms with Crippen molar-refractivity contribution in [2.75, 3.05) is 20.3 Å². The average molecular weight is 436 g/mol. The van der Waals surface area contributed by atoms with E-state index >= 15 is 0 Å². The lowest BCUT2D eigenvalue weighted by atomic mass is 10.2. The molecule has 0 radical (unpaired) electrons. The van der Waals surface area contributed by atoms with Crippen molar-refractivity contribution in [1.29, 1.82) is 0 Å². The Labute approximate surface area is 179 Å². The molecule has 0 aromatic carbocycles. The molecular formula is C21H29N3O5S. The number of carbonyl (C=O) groups is 1. The molecule has 0 amide bonds. The van der Waals surface area contributed by atoms with Gasteiger partial charge in [-0.2, -0.15) is 0 Å². The number of carbonyl (C=O) groups excluding carboxylic acids is 1. The van der Waals surface area contributed by atoms with Crippen LogP contribution in [0.2, 0.25) is 0 Å². The largest absolute Gasteiger partial charge is 0.459 e. The Hall–Kier alpha value is -2.26. The van der Waals surface area contributed by atoms with E-state index in [0.717, 1.165) is 16.9 Å². The lowest BCUT2D eigenvalue weighted by Gasteiger charge is -2.18. The molecule has 0 bridgehead atoms. The Balaban J connectivity index is 2.02. The lowest BCUT2D eigenvalue weighted by Crippen LogP contribution is -2.40. The standard InChI is InChI=1S/C21H29N3O5S/c1-12-9-14(12)24-18(26)17-13(2)15(10-22-11-16(25)29-21(3,4)5)30-19(17)23(20(24)27)7-8-28-6/h10,12,14H,7-9,11H2,1-6H3/t12-,14-/m0/s1. The van der Waals surface area contributed by atoms with Gasteiger partial charge in [0.2, 0.25) is 0 Å². The normalized spacial score (nSPS) is 19.0. The van der Waals surface area contributed by atoms with Crippen LogP contribution in [0.5, 0.6) is 0 Å². The van der Waals surface area contributed by atoms with Crippen molar-refractivity contribution >= 4 is 33.7 Å². The van der Waals surface area contributed by atoms with Crippen molar-refractivity contribution in [3.05, 3.63) is 31.3 Å². The molecule has 0 saturated heterocycles. The second-order valence-corrected chi connectivity index (χ2v) is 9.74. The van der Waals surface area contributed by atoms with Gasteiger partial charge in [0, 0.05) is 19.4 Å². The van der Waals surface area contributed by atoms with Crippen LogP contribution < -0.4 is 11.2 Å². The number of aryl methyl sites for hydroxylation is 1. The van der Waals surface area contributed by atoms with E-state index in [4.69, 9.17) is 9.47 Å². The quantitative estimate of drug-likeness (QED) is 0.492. The van der Waals surface area contributed by atoms with E-state index in [2.05, 4.69) is 4.99 Å². The first-order valence-corrected chi connectivity index (χ1v) is 10.9. The van der Waals surface area contributed by atoms with Crippen LogP contribution in [0.25, 0.3) is 10.2 Å². The van der Waals surface area contributed by atoms with Crippen molar-refractivity contribution in [3.63, 3.8) is 0 Å². The van der Waals surface area contributed by atoms with Gasteiger partial charge >= 0.3 is 11.7 Å². The number of esters is 1. The highest BCUT2D eigenvalue weighted by Crippen LogP contribution is 2.41. The van der Waals surface area contributed by atoms with E-state index in [9.17, 15) is 14.4 Å². The van der Waals surface area contributed by atoms with Gasteiger partial charge in [-0.25, -0.2) is 4.79 Å². The molecule has 164 valence electrons. The van der Waals surface area contributed by atoms with E-state index in [1.807, 2.05) is 13.8 Å². The van der Waals surface area contributed by atoms with Gasteiger partial charge in [-0.05, 0) is 45.6 Å². The van der Waals surface area contributed by atoms with Crippen LogP contribution in [0.1, 0.15) is 50.6 Å². The van der Waals surface area contributed by atoms with Crippen LogP contribution >= 0.6 is 11.3 Å². The number of aliphatic imine (C=N–C) groups is 1. The van der Waals surface area contributed by atoms with Gasteiger partial charge in [0.05, 0.1) is 23.4 Å². The summed E-state index contributed by atoms with van der Waals surface area (Å²) in [7, 11) is 1.58.